The van der Waals surface area contributed by atoms with E-state index >= 15 is 0 Å². The van der Waals surface area contributed by atoms with Crippen molar-refractivity contribution in [3.8, 4) is 0 Å². The van der Waals surface area contributed by atoms with Crippen LogP contribution in [0.5, 0.6) is 0 Å². The van der Waals surface area contributed by atoms with Crippen LogP contribution in [0.2, 0.25) is 0 Å². The van der Waals surface area contributed by atoms with Crippen molar-refractivity contribution in [3.05, 3.63) is 39.7 Å². The van der Waals surface area contributed by atoms with Crippen LogP contribution < -0.4 is 0 Å². The molecule has 0 aromatic heterocycles. The summed E-state index contributed by atoms with van der Waals surface area (Å²) in [6.07, 6.45) is 3.36. The van der Waals surface area contributed by atoms with Crippen LogP contribution in [0.1, 0.15) is 36.0 Å². The van der Waals surface area contributed by atoms with E-state index in [-0.39, 0.29) is 18.2 Å². The second-order valence-corrected chi connectivity index (χ2v) is 5.11. The molecule has 1 aromatic rings. The minimum Gasteiger partial charge on any atom is -0.394 e. The van der Waals surface area contributed by atoms with Crippen molar-refractivity contribution in [1.82, 2.24) is 4.90 Å². The number of nitrogens with zero attached hydrogens (tertiary/aromatic N) is 2. The normalized spacial score (nSPS) is 19.1. The predicted molar refractivity (Wildman–Crippen MR) is 73.4 cm³/mol. The van der Waals surface area contributed by atoms with E-state index in [1.165, 1.54) is 4.90 Å². The van der Waals surface area contributed by atoms with Gasteiger partial charge >= 0.3 is 0 Å². The van der Waals surface area contributed by atoms with E-state index in [1.807, 2.05) is 0 Å². The maximum atomic E-state index is 13.9. The van der Waals surface area contributed by atoms with Gasteiger partial charge in [-0.3, -0.25) is 14.9 Å². The zero-order chi connectivity index (χ0) is 15.4. The molecule has 0 spiro atoms. The molecule has 0 bridgehead atoms. The number of halogens is 1. The van der Waals surface area contributed by atoms with Gasteiger partial charge < -0.3 is 10.0 Å². The average Bonchev–Trinajstić information content (AvgIpc) is 2.71. The number of aliphatic hydroxyl groups excluding tert-OH is 1. The van der Waals surface area contributed by atoms with Gasteiger partial charge in [0.1, 0.15) is 5.82 Å². The number of aliphatic hydroxyl groups is 1. The van der Waals surface area contributed by atoms with Gasteiger partial charge in [-0.15, -0.1) is 0 Å². The third-order valence-electron chi connectivity index (χ3n) is 3.74. The van der Waals surface area contributed by atoms with Crippen molar-refractivity contribution in [3.63, 3.8) is 0 Å². The summed E-state index contributed by atoms with van der Waals surface area (Å²) in [5.74, 6) is -1.43. The molecule has 1 heterocycles. The Kier molecular flexibility index (Phi) is 4.85. The van der Waals surface area contributed by atoms with E-state index < -0.39 is 22.3 Å². The number of non-ortho nitro benzene ring substituents is 1. The SMILES string of the molecule is O=C(c1ccc([N+](=O)[O-])cc1F)N1CCCCCC1CO. The number of likely N-dealkylation sites (tertiary alicyclic amines) is 1. The largest absolute Gasteiger partial charge is 0.394 e. The van der Waals surface area contributed by atoms with Crippen LogP contribution in [-0.2, 0) is 0 Å². The van der Waals surface area contributed by atoms with Crippen LogP contribution in [0.25, 0.3) is 0 Å². The van der Waals surface area contributed by atoms with Gasteiger partial charge in [0.25, 0.3) is 11.6 Å². The fraction of sp³-hybridized carbons (Fsp3) is 0.500. The quantitative estimate of drug-likeness (QED) is 0.684. The van der Waals surface area contributed by atoms with Gasteiger partial charge in [-0.25, -0.2) is 4.39 Å². The molecule has 7 heteroatoms. The summed E-state index contributed by atoms with van der Waals surface area (Å²) in [5, 5.41) is 20.0. The van der Waals surface area contributed by atoms with Crippen molar-refractivity contribution in [1.29, 1.82) is 0 Å². The molecule has 1 atom stereocenters. The smallest absolute Gasteiger partial charge is 0.272 e. The first-order valence-electron chi connectivity index (χ1n) is 6.90. The van der Waals surface area contributed by atoms with Crippen LogP contribution in [-0.4, -0.2) is 40.0 Å². The molecule has 1 fully saturated rings. The molecule has 1 aromatic carbocycles. The zero-order valence-corrected chi connectivity index (χ0v) is 11.5. The van der Waals surface area contributed by atoms with Crippen molar-refractivity contribution < 1.29 is 19.2 Å². The number of benzene rings is 1. The molecular weight excluding hydrogens is 279 g/mol. The Morgan fingerprint density at radius 2 is 2.19 bits per heavy atom. The fourth-order valence-corrected chi connectivity index (χ4v) is 2.58. The summed E-state index contributed by atoms with van der Waals surface area (Å²) < 4.78 is 13.9. The molecule has 21 heavy (non-hydrogen) atoms. The van der Waals surface area contributed by atoms with Crippen molar-refractivity contribution in [2.24, 2.45) is 0 Å². The topological polar surface area (TPSA) is 83.7 Å². The third-order valence-corrected chi connectivity index (χ3v) is 3.74. The Hall–Kier alpha value is -2.02. The first-order valence-corrected chi connectivity index (χ1v) is 6.90. The standard InChI is InChI=1S/C14H17FN2O4/c15-13-8-10(17(20)21)5-6-12(13)14(19)16-7-3-1-2-4-11(16)9-18/h5-6,8,11,18H,1-4,7,9H2. The van der Waals surface area contributed by atoms with E-state index in [0.717, 1.165) is 37.5 Å². The number of hydrogen-bond donors (Lipinski definition) is 1. The highest BCUT2D eigenvalue weighted by atomic mass is 19.1. The first-order chi connectivity index (χ1) is 10.0. The summed E-state index contributed by atoms with van der Waals surface area (Å²) >= 11 is 0. The van der Waals surface area contributed by atoms with Gasteiger partial charge in [0.2, 0.25) is 0 Å². The molecular formula is C14H17FN2O4. The Morgan fingerprint density at radius 3 is 2.81 bits per heavy atom. The molecule has 1 amide bonds. The molecule has 6 nitrogen and oxygen atoms in total. The molecule has 0 aliphatic carbocycles. The lowest BCUT2D eigenvalue weighted by molar-refractivity contribution is -0.385. The van der Waals surface area contributed by atoms with E-state index in [2.05, 4.69) is 0 Å². The van der Waals surface area contributed by atoms with Crippen LogP contribution in [0.4, 0.5) is 10.1 Å². The molecule has 1 unspecified atom stereocenters. The number of carbonyl (C=O) groups is 1. The average molecular weight is 296 g/mol. The van der Waals surface area contributed by atoms with Crippen LogP contribution in [0.15, 0.2) is 18.2 Å². The number of hydrogen-bond acceptors (Lipinski definition) is 4. The second-order valence-electron chi connectivity index (χ2n) is 5.11. The lowest BCUT2D eigenvalue weighted by Crippen LogP contribution is -2.42. The molecule has 1 N–H and O–H groups in total. The zero-order valence-electron chi connectivity index (χ0n) is 11.5. The first kappa shape index (κ1) is 15.4. The maximum Gasteiger partial charge on any atom is 0.272 e. The number of carbonyl (C=O) groups excluding carboxylic acids is 1. The van der Waals surface area contributed by atoms with E-state index in [9.17, 15) is 24.4 Å². The second kappa shape index (κ2) is 6.62. The summed E-state index contributed by atoms with van der Waals surface area (Å²) in [7, 11) is 0. The highest BCUT2D eigenvalue weighted by Gasteiger charge is 2.28. The number of rotatable bonds is 3. The highest BCUT2D eigenvalue weighted by molar-refractivity contribution is 5.95. The lowest BCUT2D eigenvalue weighted by atomic mass is 10.1. The van der Waals surface area contributed by atoms with Crippen molar-refractivity contribution in [2.45, 2.75) is 31.7 Å². The van der Waals surface area contributed by atoms with Crippen LogP contribution in [0, 0.1) is 15.9 Å². The highest BCUT2D eigenvalue weighted by Crippen LogP contribution is 2.22. The Balaban J connectivity index is 2.27. The van der Waals surface area contributed by atoms with E-state index in [1.54, 1.807) is 0 Å². The fourth-order valence-electron chi connectivity index (χ4n) is 2.58. The molecule has 114 valence electrons. The van der Waals surface area contributed by atoms with Gasteiger partial charge in [0.05, 0.1) is 29.2 Å². The van der Waals surface area contributed by atoms with Gasteiger partial charge in [-0.2, -0.15) is 0 Å². The van der Waals surface area contributed by atoms with Gasteiger partial charge in [0.15, 0.2) is 0 Å². The van der Waals surface area contributed by atoms with E-state index in [4.69, 9.17) is 0 Å². The molecule has 1 aliphatic heterocycles. The lowest BCUT2D eigenvalue weighted by Gasteiger charge is -2.28. The summed E-state index contributed by atoms with van der Waals surface area (Å²) in [6.45, 7) is 0.292. The molecule has 1 saturated heterocycles. The number of nitro groups is 1. The maximum absolute atomic E-state index is 13.9. The third kappa shape index (κ3) is 3.36. The van der Waals surface area contributed by atoms with Crippen molar-refractivity contribution in [2.75, 3.05) is 13.2 Å². The Morgan fingerprint density at radius 1 is 1.43 bits per heavy atom. The van der Waals surface area contributed by atoms with Gasteiger partial charge in [-0.1, -0.05) is 12.8 Å². The summed E-state index contributed by atoms with van der Waals surface area (Å²) in [6, 6.07) is 2.67. The Labute approximate surface area is 121 Å². The van der Waals surface area contributed by atoms with E-state index in [0.29, 0.717) is 13.0 Å². The van der Waals surface area contributed by atoms with Gasteiger partial charge in [0, 0.05) is 12.6 Å². The number of nitro benzene ring substituents is 1. The minimum atomic E-state index is -0.907. The molecule has 2 rings (SSSR count). The predicted octanol–water partition coefficient (Wildman–Crippen LogP) is 2.11. The van der Waals surface area contributed by atoms with Crippen LogP contribution in [0.3, 0.4) is 0 Å². The van der Waals surface area contributed by atoms with Gasteiger partial charge in [-0.05, 0) is 18.9 Å². The molecule has 1 aliphatic rings. The monoisotopic (exact) mass is 296 g/mol. The van der Waals surface area contributed by atoms with Crippen molar-refractivity contribution >= 4 is 11.6 Å². The number of amides is 1. The molecule has 0 radical (unpaired) electrons. The minimum absolute atomic E-state index is 0.166. The summed E-state index contributed by atoms with van der Waals surface area (Å²) in [4.78, 5) is 23.8. The van der Waals surface area contributed by atoms with Crippen LogP contribution >= 0.6 is 0 Å². The summed E-state index contributed by atoms with van der Waals surface area (Å²) in [5.41, 5.74) is -0.584. The Bertz CT molecular complexity index is 550. The molecule has 0 saturated carbocycles.